The number of pyridine rings is 1. The zero-order valence-electron chi connectivity index (χ0n) is 16.4. The number of nitrogens with one attached hydrogen (secondary N) is 2. The summed E-state index contributed by atoms with van der Waals surface area (Å²) in [4.78, 5) is 28.4. The lowest BCUT2D eigenvalue weighted by atomic mass is 10.1. The van der Waals surface area contributed by atoms with Gasteiger partial charge in [0.15, 0.2) is 0 Å². The molecule has 172 valence electrons. The number of amides is 1. The van der Waals surface area contributed by atoms with Crippen molar-refractivity contribution in [3.63, 3.8) is 0 Å². The number of amidine groups is 1. The van der Waals surface area contributed by atoms with Crippen LogP contribution in [0.15, 0.2) is 41.9 Å². The molecule has 0 fully saturated rings. The summed E-state index contributed by atoms with van der Waals surface area (Å²) >= 11 is 0. The van der Waals surface area contributed by atoms with E-state index in [2.05, 4.69) is 25.3 Å². The maximum Gasteiger partial charge on any atom is 0.417 e. The van der Waals surface area contributed by atoms with Gasteiger partial charge in [-0.2, -0.15) is 26.3 Å². The Morgan fingerprint density at radius 3 is 2.44 bits per heavy atom. The van der Waals surface area contributed by atoms with E-state index in [1.54, 1.807) is 0 Å². The minimum atomic E-state index is -4.80. The van der Waals surface area contributed by atoms with Gasteiger partial charge in [0.2, 0.25) is 5.95 Å². The Morgan fingerprint density at radius 2 is 1.88 bits per heavy atom. The summed E-state index contributed by atoms with van der Waals surface area (Å²) in [5.74, 6) is -1.31. The number of halogens is 6. The van der Waals surface area contributed by atoms with E-state index < -0.39 is 48.4 Å². The molecule has 0 aliphatic heterocycles. The van der Waals surface area contributed by atoms with Crippen LogP contribution in [0.3, 0.4) is 0 Å². The highest BCUT2D eigenvalue weighted by molar-refractivity contribution is 6.05. The van der Waals surface area contributed by atoms with Crippen LogP contribution in [0.2, 0.25) is 0 Å². The number of alkyl halides is 6. The molecule has 0 saturated heterocycles. The number of rotatable bonds is 7. The first-order valence-electron chi connectivity index (χ1n) is 8.93. The molecule has 0 saturated carbocycles. The fourth-order valence-electron chi connectivity index (χ4n) is 2.54. The summed E-state index contributed by atoms with van der Waals surface area (Å²) in [6, 6.07) is 0.788. The summed E-state index contributed by atoms with van der Waals surface area (Å²) in [5.41, 5.74) is -1.78. The zero-order valence-corrected chi connectivity index (χ0v) is 16.4. The summed E-state index contributed by atoms with van der Waals surface area (Å²) in [6.45, 7) is 0.418. The van der Waals surface area contributed by atoms with Gasteiger partial charge in [-0.25, -0.2) is 15.0 Å². The largest absolute Gasteiger partial charge is 0.417 e. The number of nitrogens with zero attached hydrogens (tertiary/aromatic N) is 5. The molecule has 0 aromatic carbocycles. The van der Waals surface area contributed by atoms with E-state index in [0.29, 0.717) is 23.5 Å². The average molecular weight is 461 g/mol. The van der Waals surface area contributed by atoms with Crippen molar-refractivity contribution in [3.8, 4) is 0 Å². The van der Waals surface area contributed by atoms with Gasteiger partial charge >= 0.3 is 12.4 Å². The summed E-state index contributed by atoms with van der Waals surface area (Å²) in [5, 5.41) is 9.80. The second-order valence-corrected chi connectivity index (χ2v) is 6.34. The molecule has 14 heteroatoms. The van der Waals surface area contributed by atoms with Crippen molar-refractivity contribution in [2.45, 2.75) is 31.7 Å². The van der Waals surface area contributed by atoms with Gasteiger partial charge in [-0.3, -0.25) is 15.2 Å². The smallest absolute Gasteiger partial charge is 0.328 e. The number of aromatic nitrogens is 3. The molecule has 8 nitrogen and oxygen atoms in total. The topological polar surface area (TPSA) is 107 Å². The van der Waals surface area contributed by atoms with Crippen LogP contribution in [0.5, 0.6) is 0 Å². The monoisotopic (exact) mass is 461 g/mol. The molecule has 0 aliphatic carbocycles. The molecule has 0 spiro atoms. The summed E-state index contributed by atoms with van der Waals surface area (Å²) in [7, 11) is 0. The summed E-state index contributed by atoms with van der Waals surface area (Å²) < 4.78 is 77.5. The lowest BCUT2D eigenvalue weighted by Crippen LogP contribution is -2.47. The van der Waals surface area contributed by atoms with Gasteiger partial charge in [0.25, 0.3) is 5.91 Å². The minimum Gasteiger partial charge on any atom is -0.328 e. The van der Waals surface area contributed by atoms with Gasteiger partial charge in [-0.05, 0) is 19.1 Å². The molecule has 0 radical (unpaired) electrons. The maximum atomic E-state index is 13.0. The molecule has 1 atom stereocenters. The predicted octanol–water partition coefficient (Wildman–Crippen LogP) is 3.79. The van der Waals surface area contributed by atoms with Crippen LogP contribution in [0.25, 0.3) is 0 Å². The van der Waals surface area contributed by atoms with Crippen molar-refractivity contribution < 1.29 is 31.1 Å². The van der Waals surface area contributed by atoms with Crippen molar-refractivity contribution in [3.05, 3.63) is 48.0 Å². The molecular weight excluding hydrogens is 444 g/mol. The molecule has 1 unspecified atom stereocenters. The van der Waals surface area contributed by atoms with Gasteiger partial charge in [0.05, 0.1) is 23.6 Å². The molecule has 32 heavy (non-hydrogen) atoms. The minimum absolute atomic E-state index is 0.0103. The molecule has 2 aromatic rings. The van der Waals surface area contributed by atoms with Gasteiger partial charge < -0.3 is 10.2 Å². The van der Waals surface area contributed by atoms with Crippen LogP contribution >= 0.6 is 0 Å². The van der Waals surface area contributed by atoms with Gasteiger partial charge in [-0.15, -0.1) is 0 Å². The van der Waals surface area contributed by atoms with Crippen LogP contribution in [0.1, 0.15) is 29.3 Å². The number of aliphatic imine (C=N–C) groups is 1. The van der Waals surface area contributed by atoms with Crippen LogP contribution in [0, 0.1) is 5.41 Å². The van der Waals surface area contributed by atoms with Crippen molar-refractivity contribution in [2.24, 2.45) is 4.99 Å². The van der Waals surface area contributed by atoms with E-state index in [-0.39, 0.29) is 11.8 Å². The van der Waals surface area contributed by atoms with Gasteiger partial charge in [0.1, 0.15) is 12.2 Å². The first kappa shape index (κ1) is 24.7. The van der Waals surface area contributed by atoms with Crippen molar-refractivity contribution >= 4 is 24.0 Å². The van der Waals surface area contributed by atoms with Gasteiger partial charge in [-0.1, -0.05) is 0 Å². The third-order valence-electron chi connectivity index (χ3n) is 4.08. The number of carbonyl (C=O) groups excluding carboxylic acids is 1. The Labute approximate surface area is 177 Å². The second kappa shape index (κ2) is 10.2. The van der Waals surface area contributed by atoms with Gasteiger partial charge in [0, 0.05) is 31.3 Å². The Balaban J connectivity index is 2.41. The lowest BCUT2D eigenvalue weighted by molar-refractivity contribution is -0.138. The molecule has 0 aliphatic rings. The number of anilines is 1. The predicted molar refractivity (Wildman–Crippen MR) is 102 cm³/mol. The molecule has 0 bridgehead atoms. The molecular formula is C18H17F6N7O. The van der Waals surface area contributed by atoms with E-state index in [9.17, 15) is 31.1 Å². The normalized spacial score (nSPS) is 13.4. The Morgan fingerprint density at radius 1 is 1.22 bits per heavy atom. The van der Waals surface area contributed by atoms with Crippen LogP contribution in [-0.2, 0) is 6.18 Å². The van der Waals surface area contributed by atoms with Crippen molar-refractivity contribution in [1.29, 1.82) is 5.41 Å². The molecule has 2 N–H and O–H groups in total. The fraction of sp³-hybridized carbons (Fsp3) is 0.333. The van der Waals surface area contributed by atoms with Crippen LogP contribution in [-0.4, -0.2) is 56.7 Å². The highest BCUT2D eigenvalue weighted by Crippen LogP contribution is 2.29. The molecule has 2 rings (SSSR count). The Bertz CT molecular complexity index is 962. The number of hydrogen-bond acceptors (Lipinski definition) is 5. The lowest BCUT2D eigenvalue weighted by Gasteiger charge is -2.30. The third kappa shape index (κ3) is 6.99. The highest BCUT2D eigenvalue weighted by Gasteiger charge is 2.35. The average Bonchev–Trinajstić information content (AvgIpc) is 2.72. The van der Waals surface area contributed by atoms with E-state index in [0.717, 1.165) is 6.20 Å². The quantitative estimate of drug-likeness (QED) is 0.371. The standard InChI is InChI=1S/C18H17F6N7O/c1-11(14(29-10-25)30-16-27-4-2-5-28-16)31(6-3-17(19,20)21)15(32)12-7-13(9-26-8-12)18(22,23)24/h2,4-5,7-11H,3,6H2,1H3,(H2,25,27,28,29,30). The number of carbonyl (C=O) groups is 1. The zero-order chi connectivity index (χ0) is 23.9. The van der Waals surface area contributed by atoms with Crippen LogP contribution in [0.4, 0.5) is 32.3 Å². The third-order valence-corrected chi connectivity index (χ3v) is 4.08. The highest BCUT2D eigenvalue weighted by atomic mass is 19.4. The van der Waals surface area contributed by atoms with E-state index in [4.69, 9.17) is 5.41 Å². The van der Waals surface area contributed by atoms with E-state index in [1.807, 2.05) is 0 Å². The van der Waals surface area contributed by atoms with Crippen molar-refractivity contribution in [2.75, 3.05) is 11.9 Å². The SMILES string of the molecule is CC(/C(=N/C=N)Nc1ncccn1)N(CCC(F)(F)F)C(=O)c1cncc(C(F)(F)F)c1. The van der Waals surface area contributed by atoms with Crippen molar-refractivity contribution in [1.82, 2.24) is 19.9 Å². The first-order chi connectivity index (χ1) is 14.9. The number of hydrogen-bond donors (Lipinski definition) is 2. The van der Waals surface area contributed by atoms with Crippen LogP contribution < -0.4 is 5.32 Å². The maximum absolute atomic E-state index is 13.0. The Hall–Kier alpha value is -3.58. The Kier molecular flexibility index (Phi) is 7.83. The second-order valence-electron chi connectivity index (χ2n) is 6.34. The molecule has 2 aromatic heterocycles. The van der Waals surface area contributed by atoms with E-state index >= 15 is 0 Å². The first-order valence-corrected chi connectivity index (χ1v) is 8.93. The van der Waals surface area contributed by atoms with E-state index in [1.165, 1.54) is 25.4 Å². The molecule has 2 heterocycles. The summed E-state index contributed by atoms with van der Waals surface area (Å²) in [6.07, 6.45) is -6.23. The fourth-order valence-corrected chi connectivity index (χ4v) is 2.54. The molecule has 1 amide bonds.